The number of Topliss-reactive ketones (excluding diaryl/α,β-unsaturated/α-hetero) is 1. The Kier molecular flexibility index (Phi) is 5.72. The first kappa shape index (κ1) is 15.3. The van der Waals surface area contributed by atoms with Crippen LogP contribution in [0.25, 0.3) is 0 Å². The Balaban J connectivity index is 1.97. The zero-order valence-electron chi connectivity index (χ0n) is 12.0. The van der Waals surface area contributed by atoms with Gasteiger partial charge in [-0.25, -0.2) is 0 Å². The molecule has 4 heteroatoms. The summed E-state index contributed by atoms with van der Waals surface area (Å²) in [5.41, 5.74) is 5.79. The summed E-state index contributed by atoms with van der Waals surface area (Å²) in [5.74, 6) is 3.03. The van der Waals surface area contributed by atoms with Crippen molar-refractivity contribution in [3.05, 3.63) is 0 Å². The number of ether oxygens (including phenoxy) is 1. The first-order valence-electron chi connectivity index (χ1n) is 7.66. The molecule has 2 atom stereocenters. The van der Waals surface area contributed by atoms with Gasteiger partial charge in [0.25, 0.3) is 0 Å². The van der Waals surface area contributed by atoms with E-state index in [9.17, 15) is 4.79 Å². The SMILES string of the molecule is CCCC(CN)C(=O)C1CCOC2(CCSCC2)C1. The summed E-state index contributed by atoms with van der Waals surface area (Å²) >= 11 is 2.01. The average Bonchev–Trinajstić information content (AvgIpc) is 2.45. The number of nitrogens with two attached hydrogens (primary N) is 1. The molecule has 0 amide bonds. The third-order valence-corrected chi connectivity index (χ3v) is 5.61. The molecule has 0 radical (unpaired) electrons. The summed E-state index contributed by atoms with van der Waals surface area (Å²) in [6.45, 7) is 3.39. The van der Waals surface area contributed by atoms with Gasteiger partial charge < -0.3 is 10.5 Å². The number of carbonyl (C=O) groups excluding carboxylic acids is 1. The molecule has 2 fully saturated rings. The molecule has 0 aromatic carbocycles. The zero-order valence-corrected chi connectivity index (χ0v) is 12.8. The highest BCUT2D eigenvalue weighted by atomic mass is 32.2. The maximum absolute atomic E-state index is 12.6. The Morgan fingerprint density at radius 3 is 2.84 bits per heavy atom. The molecule has 2 aliphatic heterocycles. The lowest BCUT2D eigenvalue weighted by atomic mass is 9.76. The summed E-state index contributed by atoms with van der Waals surface area (Å²) < 4.78 is 6.06. The minimum absolute atomic E-state index is 0.00912. The molecule has 2 heterocycles. The van der Waals surface area contributed by atoms with Crippen LogP contribution in [0.4, 0.5) is 0 Å². The van der Waals surface area contributed by atoms with Crippen LogP contribution in [0.3, 0.4) is 0 Å². The Morgan fingerprint density at radius 2 is 2.21 bits per heavy atom. The second-order valence-electron chi connectivity index (χ2n) is 5.96. The first-order chi connectivity index (χ1) is 9.21. The van der Waals surface area contributed by atoms with Gasteiger partial charge in [-0.2, -0.15) is 11.8 Å². The van der Waals surface area contributed by atoms with E-state index in [0.29, 0.717) is 12.3 Å². The Morgan fingerprint density at radius 1 is 1.47 bits per heavy atom. The van der Waals surface area contributed by atoms with Crippen molar-refractivity contribution in [2.45, 2.75) is 51.0 Å². The van der Waals surface area contributed by atoms with E-state index < -0.39 is 0 Å². The summed E-state index contributed by atoms with van der Waals surface area (Å²) in [4.78, 5) is 12.6. The summed E-state index contributed by atoms with van der Waals surface area (Å²) in [7, 11) is 0. The predicted octanol–water partition coefficient (Wildman–Crippen LogP) is 2.62. The maximum Gasteiger partial charge on any atom is 0.140 e. The van der Waals surface area contributed by atoms with E-state index in [1.54, 1.807) is 0 Å². The lowest BCUT2D eigenvalue weighted by Crippen LogP contribution is -2.46. The molecule has 2 rings (SSSR count). The maximum atomic E-state index is 12.6. The van der Waals surface area contributed by atoms with Gasteiger partial charge in [-0.15, -0.1) is 0 Å². The zero-order chi connectivity index (χ0) is 13.7. The quantitative estimate of drug-likeness (QED) is 0.843. The first-order valence-corrected chi connectivity index (χ1v) is 8.82. The van der Waals surface area contributed by atoms with E-state index in [2.05, 4.69) is 6.92 Å². The fraction of sp³-hybridized carbons (Fsp3) is 0.933. The number of hydrogen-bond acceptors (Lipinski definition) is 4. The fourth-order valence-corrected chi connectivity index (χ4v) is 4.66. The molecule has 2 aliphatic rings. The summed E-state index contributed by atoms with van der Waals surface area (Å²) in [5, 5.41) is 0. The van der Waals surface area contributed by atoms with Gasteiger partial charge in [-0.3, -0.25) is 4.79 Å². The molecule has 0 bridgehead atoms. The molecule has 0 aliphatic carbocycles. The van der Waals surface area contributed by atoms with Gasteiger partial charge in [0.2, 0.25) is 0 Å². The van der Waals surface area contributed by atoms with Crippen molar-refractivity contribution in [1.29, 1.82) is 0 Å². The minimum Gasteiger partial charge on any atom is -0.375 e. The second-order valence-corrected chi connectivity index (χ2v) is 7.18. The predicted molar refractivity (Wildman–Crippen MR) is 80.4 cm³/mol. The van der Waals surface area contributed by atoms with Gasteiger partial charge >= 0.3 is 0 Å². The molecule has 0 aromatic heterocycles. The van der Waals surface area contributed by atoms with Crippen LogP contribution >= 0.6 is 11.8 Å². The molecule has 1 spiro atoms. The number of thioether (sulfide) groups is 1. The van der Waals surface area contributed by atoms with E-state index in [1.165, 1.54) is 11.5 Å². The van der Waals surface area contributed by atoms with E-state index >= 15 is 0 Å². The molecule has 0 aromatic rings. The molecule has 2 saturated heterocycles. The van der Waals surface area contributed by atoms with Crippen LogP contribution in [0, 0.1) is 11.8 Å². The van der Waals surface area contributed by atoms with Gasteiger partial charge in [0.05, 0.1) is 5.60 Å². The van der Waals surface area contributed by atoms with Crippen molar-refractivity contribution in [3.63, 3.8) is 0 Å². The minimum atomic E-state index is 0.00912. The standard InChI is InChI=1S/C15H27NO2S/c1-2-3-13(11-16)14(17)12-4-7-18-15(10-12)5-8-19-9-6-15/h12-13H,2-11,16H2,1H3. The molecule has 0 saturated carbocycles. The molecular formula is C15H27NO2S. The van der Waals surface area contributed by atoms with Crippen LogP contribution in [0.15, 0.2) is 0 Å². The molecule has 3 nitrogen and oxygen atoms in total. The Hall–Kier alpha value is -0.0600. The van der Waals surface area contributed by atoms with Crippen LogP contribution in [-0.2, 0) is 9.53 Å². The Labute approximate surface area is 121 Å². The van der Waals surface area contributed by atoms with Crippen molar-refractivity contribution in [2.24, 2.45) is 17.6 Å². The third-order valence-electron chi connectivity index (χ3n) is 4.62. The molecule has 2 N–H and O–H groups in total. The monoisotopic (exact) mass is 285 g/mol. The van der Waals surface area contributed by atoms with Crippen LogP contribution in [-0.4, -0.2) is 36.0 Å². The van der Waals surface area contributed by atoms with Crippen LogP contribution in [0.1, 0.15) is 45.4 Å². The Bertz CT molecular complexity index is 297. The molecular weight excluding hydrogens is 258 g/mol. The molecule has 19 heavy (non-hydrogen) atoms. The highest BCUT2D eigenvalue weighted by Gasteiger charge is 2.41. The van der Waals surface area contributed by atoms with Crippen molar-refractivity contribution >= 4 is 17.5 Å². The van der Waals surface area contributed by atoms with E-state index in [-0.39, 0.29) is 17.4 Å². The van der Waals surface area contributed by atoms with Gasteiger partial charge in [0.15, 0.2) is 0 Å². The lowest BCUT2D eigenvalue weighted by molar-refractivity contribution is -0.141. The highest BCUT2D eigenvalue weighted by Crippen LogP contribution is 2.40. The number of ketones is 1. The fourth-order valence-electron chi connectivity index (χ4n) is 3.42. The largest absolute Gasteiger partial charge is 0.375 e. The third kappa shape index (κ3) is 3.73. The summed E-state index contributed by atoms with van der Waals surface area (Å²) in [6.07, 6.45) is 6.04. The van der Waals surface area contributed by atoms with Crippen molar-refractivity contribution in [2.75, 3.05) is 24.7 Å². The smallest absolute Gasteiger partial charge is 0.140 e. The number of rotatable bonds is 5. The van der Waals surface area contributed by atoms with Crippen molar-refractivity contribution in [3.8, 4) is 0 Å². The van der Waals surface area contributed by atoms with Gasteiger partial charge in [-0.1, -0.05) is 13.3 Å². The highest BCUT2D eigenvalue weighted by molar-refractivity contribution is 7.99. The topological polar surface area (TPSA) is 52.3 Å². The van der Waals surface area contributed by atoms with Crippen molar-refractivity contribution < 1.29 is 9.53 Å². The average molecular weight is 285 g/mol. The summed E-state index contributed by atoms with van der Waals surface area (Å²) in [6, 6.07) is 0. The molecule has 2 unspecified atom stereocenters. The van der Waals surface area contributed by atoms with Crippen LogP contribution in [0.5, 0.6) is 0 Å². The van der Waals surface area contributed by atoms with E-state index in [1.807, 2.05) is 11.8 Å². The van der Waals surface area contributed by atoms with E-state index in [0.717, 1.165) is 45.1 Å². The molecule has 110 valence electrons. The van der Waals surface area contributed by atoms with Gasteiger partial charge in [0.1, 0.15) is 5.78 Å². The van der Waals surface area contributed by atoms with Crippen LogP contribution in [0.2, 0.25) is 0 Å². The normalized spacial score (nSPS) is 28.2. The lowest BCUT2D eigenvalue weighted by Gasteiger charge is -2.43. The van der Waals surface area contributed by atoms with Crippen molar-refractivity contribution in [1.82, 2.24) is 0 Å². The van der Waals surface area contributed by atoms with Gasteiger partial charge in [-0.05, 0) is 43.6 Å². The van der Waals surface area contributed by atoms with Gasteiger partial charge in [0, 0.05) is 25.0 Å². The van der Waals surface area contributed by atoms with E-state index in [4.69, 9.17) is 10.5 Å². The number of hydrogen-bond donors (Lipinski definition) is 1. The second kappa shape index (κ2) is 7.09. The number of carbonyl (C=O) groups is 1. The van der Waals surface area contributed by atoms with Crippen LogP contribution < -0.4 is 5.73 Å².